The van der Waals surface area contributed by atoms with E-state index in [0.29, 0.717) is 35.0 Å². The second-order valence-electron chi connectivity index (χ2n) is 8.42. The van der Waals surface area contributed by atoms with Crippen LogP contribution in [0.1, 0.15) is 37.8 Å². The Morgan fingerprint density at radius 3 is 2.57 bits per heavy atom. The van der Waals surface area contributed by atoms with Gasteiger partial charge in [-0.3, -0.25) is 9.89 Å². The molecule has 0 aromatic carbocycles. The summed E-state index contributed by atoms with van der Waals surface area (Å²) in [5.41, 5.74) is 0.970. The van der Waals surface area contributed by atoms with Crippen LogP contribution in [-0.2, 0) is 11.2 Å². The summed E-state index contributed by atoms with van der Waals surface area (Å²) >= 11 is 0. The lowest BCUT2D eigenvalue weighted by atomic mass is 9.57. The smallest absolute Gasteiger partial charge is 0.303 e. The minimum atomic E-state index is -0.806. The van der Waals surface area contributed by atoms with Gasteiger partial charge >= 0.3 is 5.97 Å². The van der Waals surface area contributed by atoms with Gasteiger partial charge in [-0.15, -0.1) is 0 Å². The maximum Gasteiger partial charge on any atom is 0.303 e. The van der Waals surface area contributed by atoms with E-state index in [-0.39, 0.29) is 29.8 Å². The summed E-state index contributed by atoms with van der Waals surface area (Å²) in [6.45, 7) is 0. The lowest BCUT2D eigenvalue weighted by Crippen LogP contribution is -2.42. The average molecular weight is 413 g/mol. The van der Waals surface area contributed by atoms with Crippen LogP contribution in [0.15, 0.2) is 18.5 Å². The number of H-pyrrole nitrogens is 1. The lowest BCUT2D eigenvalue weighted by Gasteiger charge is -2.48. The summed E-state index contributed by atoms with van der Waals surface area (Å²) in [4.78, 5) is 23.8. The van der Waals surface area contributed by atoms with E-state index in [2.05, 4.69) is 25.1 Å². The summed E-state index contributed by atoms with van der Waals surface area (Å²) < 4.78 is 28.3. The Kier molecular flexibility index (Phi) is 4.67. The van der Waals surface area contributed by atoms with Crippen molar-refractivity contribution in [1.82, 2.24) is 25.1 Å². The second-order valence-corrected chi connectivity index (χ2v) is 8.42. The quantitative estimate of drug-likeness (QED) is 0.660. The normalized spacial score (nSPS) is 25.7. The number of hydrogen-bond acceptors (Lipinski definition) is 5. The van der Waals surface area contributed by atoms with Crippen molar-refractivity contribution in [3.63, 3.8) is 0 Å². The molecule has 9 heteroatoms. The minimum Gasteiger partial charge on any atom is -0.481 e. The van der Waals surface area contributed by atoms with Crippen LogP contribution in [0, 0.1) is 35.3 Å². The van der Waals surface area contributed by atoms with Crippen molar-refractivity contribution in [1.29, 1.82) is 0 Å². The van der Waals surface area contributed by atoms with E-state index in [0.717, 1.165) is 38.1 Å². The number of aromatic nitrogens is 5. The first-order valence-corrected chi connectivity index (χ1v) is 10.2. The number of pyridine rings is 1. The molecule has 30 heavy (non-hydrogen) atoms. The molecule has 0 spiro atoms. The van der Waals surface area contributed by atoms with E-state index in [4.69, 9.17) is 0 Å². The van der Waals surface area contributed by atoms with Gasteiger partial charge in [0.25, 0.3) is 0 Å². The standard InChI is InChI=1S/C21H21F2N5O2/c22-12-5-15-19(27-28-20(15)24-8-12)21-25-9-16(23)17(26-21)6-13-10-1-3-11(4-2-10)14(13)7-18(29)30/h5,8-11,13-14H,1-4,6-7H2,(H,29,30)(H,24,27,28)/t10?,11?,13?,14-/m1/s1. The van der Waals surface area contributed by atoms with Gasteiger partial charge in [-0.2, -0.15) is 5.10 Å². The topological polar surface area (TPSA) is 105 Å². The molecule has 156 valence electrons. The number of hydrogen-bond donors (Lipinski definition) is 2. The van der Waals surface area contributed by atoms with Crippen LogP contribution in [0.25, 0.3) is 22.6 Å². The molecule has 2 atom stereocenters. The number of nitrogens with one attached hydrogen (secondary N) is 1. The number of aromatic amines is 1. The predicted molar refractivity (Wildman–Crippen MR) is 103 cm³/mol. The van der Waals surface area contributed by atoms with Crippen molar-refractivity contribution in [2.45, 2.75) is 38.5 Å². The Labute approximate surface area is 171 Å². The lowest BCUT2D eigenvalue weighted by molar-refractivity contribution is -0.141. The number of nitrogens with zero attached hydrogens (tertiary/aromatic N) is 4. The van der Waals surface area contributed by atoms with E-state index in [1.165, 1.54) is 6.07 Å². The van der Waals surface area contributed by atoms with Crippen LogP contribution in [0.2, 0.25) is 0 Å². The van der Waals surface area contributed by atoms with Crippen LogP contribution < -0.4 is 0 Å². The summed E-state index contributed by atoms with van der Waals surface area (Å²) in [5, 5.41) is 16.6. The van der Waals surface area contributed by atoms with Gasteiger partial charge in [0, 0.05) is 6.42 Å². The van der Waals surface area contributed by atoms with Crippen molar-refractivity contribution in [3.8, 4) is 11.5 Å². The number of fused-ring (bicyclic) bond motifs is 4. The molecule has 6 rings (SSSR count). The first-order valence-electron chi connectivity index (χ1n) is 10.2. The molecule has 3 aliphatic carbocycles. The summed E-state index contributed by atoms with van der Waals surface area (Å²) in [6.07, 6.45) is 6.89. The molecule has 3 aliphatic rings. The summed E-state index contributed by atoms with van der Waals surface area (Å²) in [6, 6.07) is 1.29. The molecular formula is C21H21F2N5O2. The third-order valence-corrected chi connectivity index (χ3v) is 6.83. The van der Waals surface area contributed by atoms with Crippen molar-refractivity contribution in [2.75, 3.05) is 0 Å². The molecule has 3 heterocycles. The second kappa shape index (κ2) is 7.37. The molecule has 7 nitrogen and oxygen atoms in total. The molecule has 1 unspecified atom stereocenters. The Morgan fingerprint density at radius 2 is 1.83 bits per heavy atom. The molecule has 3 aromatic heterocycles. The molecule has 3 aromatic rings. The number of carbonyl (C=O) groups is 1. The number of carboxylic acids is 1. The van der Waals surface area contributed by atoms with Crippen molar-refractivity contribution in [3.05, 3.63) is 35.8 Å². The number of carboxylic acid groups (broad SMARTS) is 1. The maximum atomic E-state index is 14.6. The molecule has 3 fully saturated rings. The number of aliphatic carboxylic acids is 1. The van der Waals surface area contributed by atoms with Crippen molar-refractivity contribution >= 4 is 17.0 Å². The third kappa shape index (κ3) is 3.32. The molecular weight excluding hydrogens is 392 g/mol. The monoisotopic (exact) mass is 413 g/mol. The van der Waals surface area contributed by atoms with Crippen molar-refractivity contribution in [2.24, 2.45) is 23.7 Å². The zero-order valence-electron chi connectivity index (χ0n) is 16.2. The van der Waals surface area contributed by atoms with Gasteiger partial charge in [-0.1, -0.05) is 0 Å². The Morgan fingerprint density at radius 1 is 1.10 bits per heavy atom. The highest BCUT2D eigenvalue weighted by Gasteiger charge is 2.44. The van der Waals surface area contributed by atoms with Gasteiger partial charge in [0.2, 0.25) is 0 Å². The largest absolute Gasteiger partial charge is 0.481 e. The molecule has 0 saturated heterocycles. The van der Waals surface area contributed by atoms with Gasteiger partial charge in [-0.25, -0.2) is 23.7 Å². The van der Waals surface area contributed by atoms with Crippen LogP contribution in [0.5, 0.6) is 0 Å². The molecule has 2 bridgehead atoms. The van der Waals surface area contributed by atoms with Crippen LogP contribution in [0.3, 0.4) is 0 Å². The van der Waals surface area contributed by atoms with Gasteiger partial charge < -0.3 is 5.11 Å². The fraction of sp³-hybridized carbons (Fsp3) is 0.476. The first kappa shape index (κ1) is 19.0. The average Bonchev–Trinajstić information content (AvgIpc) is 3.14. The van der Waals surface area contributed by atoms with E-state index >= 15 is 0 Å². The van der Waals surface area contributed by atoms with E-state index in [1.807, 2.05) is 0 Å². The highest BCUT2D eigenvalue weighted by atomic mass is 19.1. The van der Waals surface area contributed by atoms with Crippen LogP contribution >= 0.6 is 0 Å². The fourth-order valence-electron chi connectivity index (χ4n) is 5.47. The fourth-order valence-corrected chi connectivity index (χ4v) is 5.47. The maximum absolute atomic E-state index is 14.6. The Balaban J connectivity index is 1.49. The molecule has 0 radical (unpaired) electrons. The van der Waals surface area contributed by atoms with E-state index in [1.54, 1.807) is 0 Å². The Hall–Kier alpha value is -2.97. The molecule has 0 aliphatic heterocycles. The van der Waals surface area contributed by atoms with E-state index in [9.17, 15) is 18.7 Å². The number of halogens is 2. The minimum absolute atomic E-state index is 0.0408. The zero-order chi connectivity index (χ0) is 20.8. The predicted octanol–water partition coefficient (Wildman–Crippen LogP) is 3.76. The summed E-state index contributed by atoms with van der Waals surface area (Å²) in [5.74, 6) is -0.710. The highest BCUT2D eigenvalue weighted by Crippen LogP contribution is 2.51. The summed E-state index contributed by atoms with van der Waals surface area (Å²) in [7, 11) is 0. The van der Waals surface area contributed by atoms with Crippen LogP contribution in [0.4, 0.5) is 8.78 Å². The van der Waals surface area contributed by atoms with Gasteiger partial charge in [0.1, 0.15) is 11.5 Å². The van der Waals surface area contributed by atoms with Gasteiger partial charge in [-0.05, 0) is 61.8 Å². The van der Waals surface area contributed by atoms with Crippen molar-refractivity contribution < 1.29 is 18.7 Å². The van der Waals surface area contributed by atoms with Gasteiger partial charge in [0.15, 0.2) is 17.3 Å². The Bertz CT molecular complexity index is 1110. The molecule has 0 amide bonds. The highest BCUT2D eigenvalue weighted by molar-refractivity contribution is 5.88. The first-order chi connectivity index (χ1) is 14.5. The molecule has 3 saturated carbocycles. The number of rotatable bonds is 5. The molecule has 2 N–H and O–H groups in total. The van der Waals surface area contributed by atoms with Crippen LogP contribution in [-0.4, -0.2) is 36.2 Å². The SMILES string of the molecule is O=C(O)C[C@@H]1C2CCC(CC2)C1Cc1nc(-c2[nH]nc3ncc(F)cc23)ncc1F. The third-order valence-electron chi connectivity index (χ3n) is 6.83. The van der Waals surface area contributed by atoms with E-state index < -0.39 is 17.6 Å². The zero-order valence-corrected chi connectivity index (χ0v) is 16.2. The van der Waals surface area contributed by atoms with Gasteiger partial charge in [0.05, 0.1) is 23.5 Å².